The van der Waals surface area contributed by atoms with Crippen LogP contribution in [0.4, 0.5) is 16.6 Å². The smallest absolute Gasteiger partial charge is 0.413 e. The maximum Gasteiger partial charge on any atom is 0.413 e. The van der Waals surface area contributed by atoms with Crippen molar-refractivity contribution in [2.45, 2.75) is 64.6 Å². The maximum absolute atomic E-state index is 12.7. The number of amides is 1. The lowest BCUT2D eigenvalue weighted by molar-refractivity contribution is 0.0592. The summed E-state index contributed by atoms with van der Waals surface area (Å²) in [4.78, 5) is 38.7. The minimum atomic E-state index is -2.76. The quantitative estimate of drug-likeness (QED) is 0.0685. The zero-order chi connectivity index (χ0) is 38.2. The van der Waals surface area contributed by atoms with Crippen LogP contribution in [0.15, 0.2) is 72.9 Å². The third-order valence-corrected chi connectivity index (χ3v) is 14.8. The van der Waals surface area contributed by atoms with E-state index in [1.165, 1.54) is 37.9 Å². The van der Waals surface area contributed by atoms with E-state index >= 15 is 0 Å². The lowest BCUT2D eigenvalue weighted by atomic mass is 10.1. The fourth-order valence-corrected chi connectivity index (χ4v) is 11.8. The molecular formula is C38H46IN7O6Si. The van der Waals surface area contributed by atoms with E-state index in [2.05, 4.69) is 119 Å². The van der Waals surface area contributed by atoms with Crippen LogP contribution in [0.2, 0.25) is 5.04 Å². The van der Waals surface area contributed by atoms with E-state index in [1.807, 2.05) is 12.1 Å². The number of esters is 1. The Morgan fingerprint density at radius 2 is 1.60 bits per heavy atom. The highest BCUT2D eigenvalue weighted by Crippen LogP contribution is 2.37. The number of fused-ring (bicyclic) bond motifs is 1. The van der Waals surface area contributed by atoms with Crippen molar-refractivity contribution >= 4 is 76.1 Å². The molecule has 0 aliphatic rings. The van der Waals surface area contributed by atoms with Crippen LogP contribution in [0.25, 0.3) is 11.0 Å². The van der Waals surface area contributed by atoms with E-state index in [4.69, 9.17) is 28.7 Å². The number of carbonyl (C=O) groups is 2. The van der Waals surface area contributed by atoms with Gasteiger partial charge in [0.25, 0.3) is 8.32 Å². The summed E-state index contributed by atoms with van der Waals surface area (Å²) in [5.41, 5.74) is 1.75. The largest absolute Gasteiger partial charge is 0.495 e. The Labute approximate surface area is 324 Å². The fourth-order valence-electron chi connectivity index (χ4n) is 6.57. The van der Waals surface area contributed by atoms with Crippen molar-refractivity contribution in [1.82, 2.24) is 24.7 Å². The van der Waals surface area contributed by atoms with Gasteiger partial charge in [-0.05, 0) is 56.9 Å². The van der Waals surface area contributed by atoms with Gasteiger partial charge in [-0.2, -0.15) is 10.1 Å². The molecule has 0 saturated heterocycles. The van der Waals surface area contributed by atoms with E-state index in [9.17, 15) is 9.59 Å². The first kappa shape index (κ1) is 39.6. The van der Waals surface area contributed by atoms with E-state index in [0.717, 1.165) is 12.8 Å². The highest BCUT2D eigenvalue weighted by Gasteiger charge is 2.50. The van der Waals surface area contributed by atoms with Gasteiger partial charge in [0.2, 0.25) is 5.95 Å². The van der Waals surface area contributed by atoms with Gasteiger partial charge in [0.1, 0.15) is 20.5 Å². The Balaban J connectivity index is 1.54. The summed E-state index contributed by atoms with van der Waals surface area (Å²) in [6.07, 6.45) is 3.14. The van der Waals surface area contributed by atoms with E-state index in [-0.39, 0.29) is 29.3 Å². The molecule has 1 amide bonds. The standard InChI is InChI=1S/C38H46IN7O6Si/c1-8-15-26(20-21-52-53(38(2,3)4,28-16-11-9-12-17-28)29-18-13-10-14-19-29)41-34-32-31(42-36(43-34)44-37(48)51-7)33(39)45-46(32)24-25-22-27(49-5)23-40-30(25)35(47)50-6/h9-14,16-19,22-23,26H,8,15,20-21,24H2,1-7H3,(H2,41,42,43,44,48). The molecule has 0 radical (unpaired) electrons. The second-order valence-electron chi connectivity index (χ2n) is 13.5. The average molecular weight is 852 g/mol. The molecule has 13 nitrogen and oxygen atoms in total. The highest BCUT2D eigenvalue weighted by atomic mass is 127. The topological polar surface area (TPSA) is 152 Å². The van der Waals surface area contributed by atoms with Crippen LogP contribution >= 0.6 is 22.6 Å². The highest BCUT2D eigenvalue weighted by molar-refractivity contribution is 14.1. The molecule has 1 atom stereocenters. The van der Waals surface area contributed by atoms with Gasteiger partial charge in [0.15, 0.2) is 11.5 Å². The van der Waals surface area contributed by atoms with Crippen LogP contribution in [0.5, 0.6) is 5.75 Å². The number of nitrogens with zero attached hydrogens (tertiary/aromatic N) is 5. The predicted molar refractivity (Wildman–Crippen MR) is 216 cm³/mol. The minimum absolute atomic E-state index is 0.0569. The zero-order valence-electron chi connectivity index (χ0n) is 31.1. The number of benzene rings is 2. The molecule has 0 aliphatic heterocycles. The number of aromatic nitrogens is 5. The van der Waals surface area contributed by atoms with E-state index < -0.39 is 20.4 Å². The molecule has 15 heteroatoms. The number of methoxy groups -OCH3 is 3. The Kier molecular flexibility index (Phi) is 13.1. The van der Waals surface area contributed by atoms with Crippen LogP contribution in [0.1, 0.15) is 63.0 Å². The number of anilines is 2. The molecule has 53 heavy (non-hydrogen) atoms. The minimum Gasteiger partial charge on any atom is -0.495 e. The summed E-state index contributed by atoms with van der Waals surface area (Å²) >= 11 is 2.10. The number of carbonyl (C=O) groups excluding carboxylic acids is 2. The monoisotopic (exact) mass is 851 g/mol. The fraction of sp³-hybridized carbons (Fsp3) is 0.368. The van der Waals surface area contributed by atoms with E-state index in [1.54, 1.807) is 10.7 Å². The molecule has 2 N–H and O–H groups in total. The number of nitrogens with one attached hydrogen (secondary N) is 2. The number of ether oxygens (including phenoxy) is 3. The van der Waals surface area contributed by atoms with Gasteiger partial charge >= 0.3 is 12.1 Å². The summed E-state index contributed by atoms with van der Waals surface area (Å²) in [5.74, 6) is 0.399. The van der Waals surface area contributed by atoms with Crippen molar-refractivity contribution in [2.75, 3.05) is 38.6 Å². The molecule has 2 aromatic carbocycles. The molecule has 5 aromatic rings. The zero-order valence-corrected chi connectivity index (χ0v) is 34.3. The van der Waals surface area contributed by atoms with Gasteiger partial charge in [0.05, 0.1) is 34.1 Å². The Morgan fingerprint density at radius 3 is 2.17 bits per heavy atom. The molecule has 0 spiro atoms. The predicted octanol–water partition coefficient (Wildman–Crippen LogP) is 6.40. The first-order chi connectivity index (χ1) is 25.4. The average Bonchev–Trinajstić information content (AvgIpc) is 3.47. The molecular weight excluding hydrogens is 805 g/mol. The second kappa shape index (κ2) is 17.5. The molecule has 0 aliphatic carbocycles. The molecule has 3 heterocycles. The maximum atomic E-state index is 12.7. The van der Waals surface area contributed by atoms with Crippen molar-refractivity contribution in [3.8, 4) is 5.75 Å². The molecule has 3 aromatic heterocycles. The molecule has 0 bridgehead atoms. The van der Waals surface area contributed by atoms with Crippen molar-refractivity contribution in [1.29, 1.82) is 0 Å². The summed E-state index contributed by atoms with van der Waals surface area (Å²) in [6.45, 7) is 9.55. The van der Waals surface area contributed by atoms with E-state index in [0.29, 0.717) is 44.9 Å². The lowest BCUT2D eigenvalue weighted by Crippen LogP contribution is -2.66. The van der Waals surface area contributed by atoms with Crippen LogP contribution in [-0.4, -0.2) is 79.1 Å². The third kappa shape index (κ3) is 8.79. The SMILES string of the molecule is CCCC(CCO[Si](c1ccccc1)(c1ccccc1)C(C)(C)C)Nc1nc(NC(=O)OC)nc2c(I)nn(Cc3cc(OC)cnc3C(=O)OC)c12. The summed E-state index contributed by atoms with van der Waals surface area (Å²) in [7, 11) is 1.35. The van der Waals surface area contributed by atoms with Gasteiger partial charge in [0, 0.05) is 18.2 Å². The number of rotatable bonds is 15. The van der Waals surface area contributed by atoms with Crippen molar-refractivity contribution in [2.24, 2.45) is 0 Å². The molecule has 280 valence electrons. The van der Waals surface area contributed by atoms with Crippen molar-refractivity contribution in [3.05, 3.63) is 87.9 Å². The van der Waals surface area contributed by atoms with Crippen LogP contribution in [0, 0.1) is 3.70 Å². The number of pyridine rings is 1. The van der Waals surface area contributed by atoms with Gasteiger partial charge < -0.3 is 24.0 Å². The number of hydrogen-bond acceptors (Lipinski definition) is 11. The summed E-state index contributed by atoms with van der Waals surface area (Å²) in [5, 5.41) is 13.3. The molecule has 5 rings (SSSR count). The Hall–Kier alpha value is -4.61. The summed E-state index contributed by atoms with van der Waals surface area (Å²) in [6, 6.07) is 22.8. The Bertz CT molecular complexity index is 1990. The first-order valence-corrected chi connectivity index (χ1v) is 20.4. The Morgan fingerprint density at radius 1 is 0.943 bits per heavy atom. The molecule has 1 unspecified atom stereocenters. The second-order valence-corrected chi connectivity index (χ2v) is 18.8. The van der Waals surface area contributed by atoms with Crippen molar-refractivity contribution < 1.29 is 28.2 Å². The normalized spacial score (nSPS) is 12.3. The van der Waals surface area contributed by atoms with Gasteiger partial charge in [-0.3, -0.25) is 10.00 Å². The van der Waals surface area contributed by atoms with Gasteiger partial charge in [-0.25, -0.2) is 19.6 Å². The van der Waals surface area contributed by atoms with Crippen LogP contribution in [-0.2, 0) is 20.4 Å². The van der Waals surface area contributed by atoms with Crippen LogP contribution in [0.3, 0.4) is 0 Å². The lowest BCUT2D eigenvalue weighted by Gasteiger charge is -2.43. The molecule has 0 saturated carbocycles. The van der Waals surface area contributed by atoms with Crippen LogP contribution < -0.4 is 25.7 Å². The van der Waals surface area contributed by atoms with Gasteiger partial charge in [-0.15, -0.1) is 0 Å². The third-order valence-electron chi connectivity index (χ3n) is 9.00. The summed E-state index contributed by atoms with van der Waals surface area (Å²) < 4.78 is 24.8. The first-order valence-electron chi connectivity index (χ1n) is 17.4. The van der Waals surface area contributed by atoms with Gasteiger partial charge in [-0.1, -0.05) is 94.8 Å². The number of hydrogen-bond donors (Lipinski definition) is 2. The molecule has 0 fully saturated rings. The van der Waals surface area contributed by atoms with Crippen molar-refractivity contribution in [3.63, 3.8) is 0 Å². The number of halogens is 1.